The minimum absolute atomic E-state index is 0.0127. The van der Waals surface area contributed by atoms with Crippen LogP contribution in [0.4, 0.5) is 0 Å². The molecule has 2 rings (SSSR count). The smallest absolute Gasteiger partial charge is 0.306 e. The highest BCUT2D eigenvalue weighted by Crippen LogP contribution is 2.27. The molecule has 1 unspecified atom stereocenters. The van der Waals surface area contributed by atoms with Gasteiger partial charge in [0.25, 0.3) is 5.91 Å². The van der Waals surface area contributed by atoms with Crippen molar-refractivity contribution >= 4 is 16.0 Å². The van der Waals surface area contributed by atoms with Crippen molar-refractivity contribution < 1.29 is 26.9 Å². The number of nitrogens with zero attached hydrogens (tertiary/aromatic N) is 1. The Morgan fingerprint density at radius 3 is 2.17 bits per heavy atom. The summed E-state index contributed by atoms with van der Waals surface area (Å²) >= 11 is 0. The summed E-state index contributed by atoms with van der Waals surface area (Å²) in [5, 5.41) is 0. The summed E-state index contributed by atoms with van der Waals surface area (Å²) in [4.78, 5) is 15.0. The predicted octanol–water partition coefficient (Wildman–Crippen LogP) is 3.48. The van der Waals surface area contributed by atoms with E-state index in [-0.39, 0.29) is 17.7 Å². The van der Waals surface area contributed by atoms with Crippen LogP contribution in [0.25, 0.3) is 0 Å². The van der Waals surface area contributed by atoms with Gasteiger partial charge in [-0.1, -0.05) is 19.1 Å². The summed E-state index contributed by atoms with van der Waals surface area (Å²) in [6.07, 6.45) is 1.77. The van der Waals surface area contributed by atoms with E-state index in [1.54, 1.807) is 54.5 Å². The van der Waals surface area contributed by atoms with Crippen molar-refractivity contribution in [2.75, 3.05) is 20.5 Å². The van der Waals surface area contributed by atoms with Gasteiger partial charge in [-0.05, 0) is 43.2 Å². The largest absolute Gasteiger partial charge is 0.497 e. The number of hydrogen-bond acceptors (Lipinski definition) is 6. The van der Waals surface area contributed by atoms with Crippen LogP contribution >= 0.6 is 0 Å². The number of carbonyl (C=O) groups is 1. The summed E-state index contributed by atoms with van der Waals surface area (Å²) in [5.41, 5.74) is 1.30. The second-order valence-electron chi connectivity index (χ2n) is 6.69. The van der Waals surface area contributed by atoms with Gasteiger partial charge < -0.3 is 18.6 Å². The molecule has 8 heteroatoms. The topological polar surface area (TPSA) is 82.1 Å². The Morgan fingerprint density at radius 1 is 1.03 bits per heavy atom. The zero-order valence-corrected chi connectivity index (χ0v) is 18.2. The van der Waals surface area contributed by atoms with Gasteiger partial charge in [0.1, 0.15) is 17.2 Å². The maximum Gasteiger partial charge on any atom is 0.306 e. The molecule has 0 radical (unpaired) electrons. The fourth-order valence-corrected chi connectivity index (χ4v) is 3.26. The molecule has 0 spiro atoms. The average Bonchev–Trinajstić information content (AvgIpc) is 2.70. The molecule has 0 aliphatic carbocycles. The van der Waals surface area contributed by atoms with Crippen molar-refractivity contribution in [2.24, 2.45) is 0 Å². The van der Waals surface area contributed by atoms with Gasteiger partial charge in [-0.15, -0.1) is 0 Å². The fraction of sp³-hybridized carbons (Fsp3) is 0.381. The third kappa shape index (κ3) is 6.12. The SMILES string of the molecule is CCC(C)N(Cc1ccc(OS(C)(=O)=O)cc1)C(=O)c1ccc(OC)cc1OC. The molecule has 0 saturated carbocycles. The summed E-state index contributed by atoms with van der Waals surface area (Å²) in [6.45, 7) is 4.36. The monoisotopic (exact) mass is 421 g/mol. The molecule has 0 saturated heterocycles. The van der Waals surface area contributed by atoms with Crippen molar-refractivity contribution in [2.45, 2.75) is 32.9 Å². The second-order valence-corrected chi connectivity index (χ2v) is 8.26. The lowest BCUT2D eigenvalue weighted by Crippen LogP contribution is -2.38. The molecule has 2 aromatic rings. The van der Waals surface area contributed by atoms with Crippen LogP contribution < -0.4 is 13.7 Å². The molecule has 1 amide bonds. The number of carbonyl (C=O) groups excluding carboxylic acids is 1. The second kappa shape index (κ2) is 9.65. The molecule has 0 aromatic heterocycles. The average molecular weight is 422 g/mol. The highest BCUT2D eigenvalue weighted by atomic mass is 32.2. The van der Waals surface area contributed by atoms with E-state index in [0.29, 0.717) is 23.6 Å². The van der Waals surface area contributed by atoms with Crippen molar-refractivity contribution in [3.63, 3.8) is 0 Å². The van der Waals surface area contributed by atoms with Crippen LogP contribution in [0.5, 0.6) is 17.2 Å². The minimum Gasteiger partial charge on any atom is -0.497 e. The third-order valence-electron chi connectivity index (χ3n) is 4.55. The first-order valence-electron chi connectivity index (χ1n) is 9.19. The quantitative estimate of drug-likeness (QED) is 0.577. The number of ether oxygens (including phenoxy) is 2. The van der Waals surface area contributed by atoms with Crippen molar-refractivity contribution in [1.82, 2.24) is 4.90 Å². The zero-order chi connectivity index (χ0) is 21.6. The number of methoxy groups -OCH3 is 2. The van der Waals surface area contributed by atoms with E-state index in [4.69, 9.17) is 13.7 Å². The summed E-state index contributed by atoms with van der Waals surface area (Å²) < 4.78 is 37.9. The molecule has 1 atom stereocenters. The maximum absolute atomic E-state index is 13.3. The molecule has 0 fully saturated rings. The lowest BCUT2D eigenvalue weighted by Gasteiger charge is -2.29. The van der Waals surface area contributed by atoms with Crippen molar-refractivity contribution in [3.05, 3.63) is 53.6 Å². The molecule has 0 heterocycles. The van der Waals surface area contributed by atoms with Crippen LogP contribution in [0.1, 0.15) is 36.2 Å². The Morgan fingerprint density at radius 2 is 1.66 bits per heavy atom. The summed E-state index contributed by atoms with van der Waals surface area (Å²) in [6, 6.07) is 11.7. The first kappa shape index (κ1) is 22.5. The molecule has 29 heavy (non-hydrogen) atoms. The van der Waals surface area contributed by atoms with E-state index in [0.717, 1.165) is 18.2 Å². The lowest BCUT2D eigenvalue weighted by molar-refractivity contribution is 0.0668. The summed E-state index contributed by atoms with van der Waals surface area (Å²) in [5.74, 6) is 1.12. The van der Waals surface area contributed by atoms with Crippen LogP contribution in [0.15, 0.2) is 42.5 Å². The highest BCUT2D eigenvalue weighted by Gasteiger charge is 2.24. The molecule has 0 bridgehead atoms. The van der Waals surface area contributed by atoms with Crippen LogP contribution in [-0.2, 0) is 16.7 Å². The van der Waals surface area contributed by atoms with Crippen LogP contribution in [0.3, 0.4) is 0 Å². The summed E-state index contributed by atoms with van der Waals surface area (Å²) in [7, 11) is -0.514. The molecule has 158 valence electrons. The van der Waals surface area contributed by atoms with Gasteiger partial charge >= 0.3 is 10.1 Å². The normalized spacial score (nSPS) is 12.2. The number of benzene rings is 2. The minimum atomic E-state index is -3.58. The Hall–Kier alpha value is -2.74. The first-order valence-corrected chi connectivity index (χ1v) is 11.0. The first-order chi connectivity index (χ1) is 13.7. The molecule has 0 N–H and O–H groups in total. The number of amides is 1. The highest BCUT2D eigenvalue weighted by molar-refractivity contribution is 7.86. The van der Waals surface area contributed by atoms with Gasteiger partial charge in [0.15, 0.2) is 0 Å². The molecule has 0 aliphatic rings. The Bertz CT molecular complexity index is 940. The van der Waals surface area contributed by atoms with Crippen LogP contribution in [0.2, 0.25) is 0 Å². The van der Waals surface area contributed by atoms with E-state index >= 15 is 0 Å². The van der Waals surface area contributed by atoms with E-state index in [9.17, 15) is 13.2 Å². The van der Waals surface area contributed by atoms with Crippen LogP contribution in [-0.4, -0.2) is 45.7 Å². The van der Waals surface area contributed by atoms with Gasteiger partial charge in [0.05, 0.1) is 26.0 Å². The molecule has 2 aromatic carbocycles. The van der Waals surface area contributed by atoms with Gasteiger partial charge in [-0.25, -0.2) is 0 Å². The maximum atomic E-state index is 13.3. The van der Waals surface area contributed by atoms with Crippen molar-refractivity contribution in [1.29, 1.82) is 0 Å². The Kier molecular flexibility index (Phi) is 7.50. The van der Waals surface area contributed by atoms with E-state index in [2.05, 4.69) is 0 Å². The van der Waals surface area contributed by atoms with E-state index in [1.165, 1.54) is 7.11 Å². The van der Waals surface area contributed by atoms with E-state index in [1.807, 2.05) is 13.8 Å². The van der Waals surface area contributed by atoms with Crippen molar-refractivity contribution in [3.8, 4) is 17.2 Å². The molecular weight excluding hydrogens is 394 g/mol. The molecule has 7 nitrogen and oxygen atoms in total. The lowest BCUT2D eigenvalue weighted by atomic mass is 10.1. The zero-order valence-electron chi connectivity index (χ0n) is 17.3. The third-order valence-corrected chi connectivity index (χ3v) is 5.04. The van der Waals surface area contributed by atoms with E-state index < -0.39 is 10.1 Å². The Balaban J connectivity index is 2.29. The number of hydrogen-bond donors (Lipinski definition) is 0. The Labute approximate surface area is 172 Å². The molecule has 0 aliphatic heterocycles. The van der Waals surface area contributed by atoms with Gasteiger partial charge in [-0.3, -0.25) is 4.79 Å². The molecular formula is C21H27NO6S. The predicted molar refractivity (Wildman–Crippen MR) is 111 cm³/mol. The van der Waals surface area contributed by atoms with Crippen LogP contribution in [0, 0.1) is 0 Å². The fourth-order valence-electron chi connectivity index (χ4n) is 2.80. The van der Waals surface area contributed by atoms with Gasteiger partial charge in [-0.2, -0.15) is 8.42 Å². The van der Waals surface area contributed by atoms with Gasteiger partial charge in [0, 0.05) is 18.7 Å². The van der Waals surface area contributed by atoms with Gasteiger partial charge in [0.2, 0.25) is 0 Å². The number of rotatable bonds is 9. The standard InChI is InChI=1S/C21H27NO6S/c1-6-15(2)22(14-16-7-9-17(10-8-16)28-29(5,24)25)21(23)19-12-11-18(26-3)13-20(19)27-4/h7-13,15H,6,14H2,1-5H3.